The van der Waals surface area contributed by atoms with Gasteiger partial charge >= 0.3 is 0 Å². The van der Waals surface area contributed by atoms with Crippen LogP contribution in [0.1, 0.15) is 49.0 Å². The molecule has 1 aliphatic rings. The Labute approximate surface area is 138 Å². The fraction of sp³-hybridized carbons (Fsp3) is 0.588. The molecule has 2 N–H and O–H groups in total. The van der Waals surface area contributed by atoms with E-state index >= 15 is 0 Å². The van der Waals surface area contributed by atoms with Crippen LogP contribution in [-0.4, -0.2) is 37.9 Å². The fourth-order valence-corrected chi connectivity index (χ4v) is 4.35. The number of benzene rings is 1. The third-order valence-electron chi connectivity index (χ3n) is 4.24. The molecule has 0 bridgehead atoms. The van der Waals surface area contributed by atoms with Crippen LogP contribution in [-0.2, 0) is 16.4 Å². The Balaban J connectivity index is 1.93. The number of carbonyl (C=O) groups is 1. The average Bonchev–Trinajstić information content (AvgIpc) is 2.52. The fourth-order valence-electron chi connectivity index (χ4n) is 2.68. The topological polar surface area (TPSA) is 75.3 Å². The van der Waals surface area contributed by atoms with Gasteiger partial charge in [0.15, 0.2) is 9.84 Å². The molecule has 6 heteroatoms. The maximum Gasteiger partial charge on any atom is 0.251 e. The Kier molecular flexibility index (Phi) is 6.18. The molecule has 0 aliphatic carbocycles. The highest BCUT2D eigenvalue weighted by atomic mass is 32.2. The first kappa shape index (κ1) is 17.9. The van der Waals surface area contributed by atoms with Crippen LogP contribution in [0.2, 0.25) is 0 Å². The Morgan fingerprint density at radius 1 is 1.39 bits per heavy atom. The van der Waals surface area contributed by atoms with Crippen molar-refractivity contribution in [3.8, 4) is 0 Å². The molecule has 1 fully saturated rings. The first-order chi connectivity index (χ1) is 10.9. The van der Waals surface area contributed by atoms with Crippen LogP contribution < -0.4 is 10.6 Å². The summed E-state index contributed by atoms with van der Waals surface area (Å²) in [6, 6.07) is 7.63. The molecule has 128 valence electrons. The highest BCUT2D eigenvalue weighted by molar-refractivity contribution is 7.91. The number of nitrogens with one attached hydrogen (secondary N) is 2. The molecular formula is C17H26N2O3S. The van der Waals surface area contributed by atoms with Gasteiger partial charge in [-0.2, -0.15) is 0 Å². The van der Waals surface area contributed by atoms with Crippen LogP contribution in [0.25, 0.3) is 0 Å². The van der Waals surface area contributed by atoms with Gasteiger partial charge in [-0.1, -0.05) is 19.1 Å². The standard InChI is InChI=1S/C17H26N2O3S/c1-3-13(2)19-17(20)15-7-4-6-14(10-15)11-18-16-8-5-9-23(21,22)12-16/h4,6-7,10,13,16,18H,3,5,8-9,11-12H2,1-2H3,(H,19,20)/t13-,16+/m1/s1. The zero-order chi connectivity index (χ0) is 16.9. The van der Waals surface area contributed by atoms with Gasteiger partial charge in [0.1, 0.15) is 0 Å². The van der Waals surface area contributed by atoms with E-state index in [2.05, 4.69) is 10.6 Å². The molecule has 0 aromatic heterocycles. The van der Waals surface area contributed by atoms with Crippen LogP contribution >= 0.6 is 0 Å². The SMILES string of the molecule is CC[C@@H](C)NC(=O)c1cccc(CN[C@H]2CCCS(=O)(=O)C2)c1. The summed E-state index contributed by atoms with van der Waals surface area (Å²) in [4.78, 5) is 12.1. The van der Waals surface area contributed by atoms with Crippen LogP contribution in [0, 0.1) is 0 Å². The van der Waals surface area contributed by atoms with Crippen molar-refractivity contribution in [1.82, 2.24) is 10.6 Å². The molecule has 1 aromatic rings. The van der Waals surface area contributed by atoms with Gasteiger partial charge in [-0.15, -0.1) is 0 Å². The van der Waals surface area contributed by atoms with E-state index in [4.69, 9.17) is 0 Å². The minimum Gasteiger partial charge on any atom is -0.350 e. The highest BCUT2D eigenvalue weighted by Gasteiger charge is 2.24. The summed E-state index contributed by atoms with van der Waals surface area (Å²) < 4.78 is 23.3. The van der Waals surface area contributed by atoms with E-state index in [1.54, 1.807) is 6.07 Å². The summed E-state index contributed by atoms with van der Waals surface area (Å²) in [7, 11) is -2.90. The van der Waals surface area contributed by atoms with Gasteiger partial charge in [-0.3, -0.25) is 4.79 Å². The largest absolute Gasteiger partial charge is 0.350 e. The summed E-state index contributed by atoms with van der Waals surface area (Å²) in [6.07, 6.45) is 2.49. The van der Waals surface area contributed by atoms with Crippen LogP contribution in [0.4, 0.5) is 0 Å². The van der Waals surface area contributed by atoms with Crippen molar-refractivity contribution < 1.29 is 13.2 Å². The van der Waals surface area contributed by atoms with Crippen molar-refractivity contribution in [2.75, 3.05) is 11.5 Å². The lowest BCUT2D eigenvalue weighted by Crippen LogP contribution is -2.39. The zero-order valence-corrected chi connectivity index (χ0v) is 14.7. The lowest BCUT2D eigenvalue weighted by molar-refractivity contribution is 0.0939. The number of hydrogen-bond donors (Lipinski definition) is 2. The second-order valence-corrected chi connectivity index (χ2v) is 8.55. The van der Waals surface area contributed by atoms with E-state index in [1.807, 2.05) is 32.0 Å². The molecule has 1 aromatic carbocycles. The molecule has 0 unspecified atom stereocenters. The molecule has 5 nitrogen and oxygen atoms in total. The summed E-state index contributed by atoms with van der Waals surface area (Å²) in [6.45, 7) is 4.58. The second-order valence-electron chi connectivity index (χ2n) is 6.32. The maximum absolute atomic E-state index is 12.1. The van der Waals surface area contributed by atoms with Gasteiger partial charge in [0, 0.05) is 24.2 Å². The maximum atomic E-state index is 12.1. The minimum atomic E-state index is -2.90. The number of rotatable bonds is 6. The summed E-state index contributed by atoms with van der Waals surface area (Å²) in [5, 5.41) is 6.25. The van der Waals surface area contributed by atoms with Crippen LogP contribution in [0.5, 0.6) is 0 Å². The second kappa shape index (κ2) is 7.93. The van der Waals surface area contributed by atoms with Gasteiger partial charge in [0.25, 0.3) is 5.91 Å². The van der Waals surface area contributed by atoms with Gasteiger partial charge in [0.05, 0.1) is 11.5 Å². The molecule has 0 saturated carbocycles. The molecule has 1 saturated heterocycles. The van der Waals surface area contributed by atoms with Gasteiger partial charge in [0.2, 0.25) is 0 Å². The summed E-state index contributed by atoms with van der Waals surface area (Å²) in [5.41, 5.74) is 1.63. The predicted molar refractivity (Wildman–Crippen MR) is 92.2 cm³/mol. The van der Waals surface area contributed by atoms with Crippen molar-refractivity contribution in [1.29, 1.82) is 0 Å². The van der Waals surface area contributed by atoms with E-state index in [0.717, 1.165) is 24.8 Å². The van der Waals surface area contributed by atoms with Crippen LogP contribution in [0.3, 0.4) is 0 Å². The highest BCUT2D eigenvalue weighted by Crippen LogP contribution is 2.13. The monoisotopic (exact) mass is 338 g/mol. The molecular weight excluding hydrogens is 312 g/mol. The predicted octanol–water partition coefficient (Wildman–Crippen LogP) is 1.88. The van der Waals surface area contributed by atoms with Crippen LogP contribution in [0.15, 0.2) is 24.3 Å². The Hall–Kier alpha value is -1.40. The molecule has 23 heavy (non-hydrogen) atoms. The van der Waals surface area contributed by atoms with E-state index in [-0.39, 0.29) is 23.7 Å². The smallest absolute Gasteiger partial charge is 0.251 e. The molecule has 1 amide bonds. The molecule has 2 atom stereocenters. The number of carbonyl (C=O) groups excluding carboxylic acids is 1. The quantitative estimate of drug-likeness (QED) is 0.830. The normalized spacial score (nSPS) is 21.6. The third kappa shape index (κ3) is 5.62. The molecule has 2 rings (SSSR count). The van der Waals surface area contributed by atoms with Crippen molar-refractivity contribution in [3.05, 3.63) is 35.4 Å². The van der Waals surface area contributed by atoms with Crippen molar-refractivity contribution >= 4 is 15.7 Å². The summed E-state index contributed by atoms with van der Waals surface area (Å²) >= 11 is 0. The van der Waals surface area contributed by atoms with Crippen molar-refractivity contribution in [2.24, 2.45) is 0 Å². The first-order valence-electron chi connectivity index (χ1n) is 8.23. The number of amides is 1. The van der Waals surface area contributed by atoms with Gasteiger partial charge < -0.3 is 10.6 Å². The minimum absolute atomic E-state index is 0.00588. The lowest BCUT2D eigenvalue weighted by Gasteiger charge is -2.23. The molecule has 1 heterocycles. The zero-order valence-electron chi connectivity index (χ0n) is 13.8. The van der Waals surface area contributed by atoms with Gasteiger partial charge in [-0.25, -0.2) is 8.42 Å². The molecule has 0 spiro atoms. The summed E-state index contributed by atoms with van der Waals surface area (Å²) in [5.74, 6) is 0.443. The Morgan fingerprint density at radius 2 is 2.17 bits per heavy atom. The Bertz CT molecular complexity index is 643. The van der Waals surface area contributed by atoms with Gasteiger partial charge in [-0.05, 0) is 43.9 Å². The van der Waals surface area contributed by atoms with E-state index < -0.39 is 9.84 Å². The van der Waals surface area contributed by atoms with E-state index in [1.165, 1.54) is 0 Å². The van der Waals surface area contributed by atoms with Crippen molar-refractivity contribution in [2.45, 2.75) is 51.7 Å². The number of sulfone groups is 1. The average molecular weight is 338 g/mol. The molecule has 0 radical (unpaired) electrons. The first-order valence-corrected chi connectivity index (χ1v) is 10.1. The number of hydrogen-bond acceptors (Lipinski definition) is 4. The van der Waals surface area contributed by atoms with Crippen molar-refractivity contribution in [3.63, 3.8) is 0 Å². The van der Waals surface area contributed by atoms with E-state index in [0.29, 0.717) is 17.9 Å². The Morgan fingerprint density at radius 3 is 2.87 bits per heavy atom. The van der Waals surface area contributed by atoms with E-state index in [9.17, 15) is 13.2 Å². The third-order valence-corrected chi connectivity index (χ3v) is 6.06. The lowest BCUT2D eigenvalue weighted by atomic mass is 10.1. The molecule has 1 aliphatic heterocycles.